The molecule has 0 aliphatic rings. The Bertz CT molecular complexity index is 1900. The number of ether oxygens (including phenoxy) is 3. The molecule has 0 fully saturated rings. The molecule has 50 heavy (non-hydrogen) atoms. The van der Waals surface area contributed by atoms with E-state index in [2.05, 4.69) is 5.32 Å². The summed E-state index contributed by atoms with van der Waals surface area (Å²) in [6.07, 6.45) is 0.110. The minimum atomic E-state index is -4.54. The van der Waals surface area contributed by atoms with Crippen molar-refractivity contribution >= 4 is 39.1 Å². The average Bonchev–Trinajstić information content (AvgIpc) is 3.08. The van der Waals surface area contributed by atoms with Crippen molar-refractivity contribution in [2.75, 3.05) is 32.2 Å². The van der Waals surface area contributed by atoms with Crippen molar-refractivity contribution in [1.82, 2.24) is 10.2 Å². The predicted octanol–water partition coefficient (Wildman–Crippen LogP) is 6.26. The third-order valence-electron chi connectivity index (χ3n) is 7.67. The number of carbonyl (C=O) groups is 2. The number of carbonyl (C=O) groups excluding carboxylic acids is 2. The fourth-order valence-electron chi connectivity index (χ4n) is 5.27. The SMILES string of the molecule is COc1ccc(S(=O)(=O)N(CC(=O)N(Cc2ccc(F)cc2)[C@@H](Cc2ccccc2)C(=O)NC(C)(C)C)c2cc(Cl)ccc2OC)cc1OC. The molecule has 13 heteroatoms. The summed E-state index contributed by atoms with van der Waals surface area (Å²) in [6.45, 7) is 4.56. The zero-order valence-corrected chi connectivity index (χ0v) is 30.3. The van der Waals surface area contributed by atoms with E-state index in [0.717, 1.165) is 9.87 Å². The Labute approximate surface area is 297 Å². The van der Waals surface area contributed by atoms with E-state index in [1.54, 1.807) is 0 Å². The monoisotopic (exact) mass is 725 g/mol. The first-order valence-corrected chi connectivity index (χ1v) is 17.5. The minimum Gasteiger partial charge on any atom is -0.495 e. The molecule has 0 aliphatic carbocycles. The van der Waals surface area contributed by atoms with Gasteiger partial charge in [0, 0.05) is 29.6 Å². The molecule has 0 saturated carbocycles. The Balaban J connectivity index is 1.89. The van der Waals surface area contributed by atoms with Crippen LogP contribution in [0.4, 0.5) is 10.1 Å². The van der Waals surface area contributed by atoms with Crippen LogP contribution in [0.15, 0.2) is 95.9 Å². The second kappa shape index (κ2) is 16.3. The standard InChI is InChI=1S/C37H41ClFN3O7S/c1-37(2,3)40-36(44)31(20-25-10-8-7-9-11-25)41(23-26-12-15-28(39)16-13-26)35(43)24-42(30-21-27(38)14-18-32(30)47-4)50(45,46)29-17-19-33(48-5)34(22-29)49-6/h7-19,21-22,31H,20,23-24H2,1-6H3,(H,40,44)/t31-/m0/s1. The van der Waals surface area contributed by atoms with Crippen molar-refractivity contribution < 1.29 is 36.6 Å². The molecule has 4 rings (SSSR count). The van der Waals surface area contributed by atoms with Gasteiger partial charge in [0.15, 0.2) is 11.5 Å². The molecule has 0 aromatic heterocycles. The molecule has 0 heterocycles. The second-order valence-corrected chi connectivity index (χ2v) is 14.7. The smallest absolute Gasteiger partial charge is 0.265 e. The average molecular weight is 726 g/mol. The molecule has 1 atom stereocenters. The summed E-state index contributed by atoms with van der Waals surface area (Å²) in [7, 11) is -0.381. The molecule has 0 aliphatic heterocycles. The first kappa shape index (κ1) is 38.0. The van der Waals surface area contributed by atoms with E-state index in [-0.39, 0.29) is 40.1 Å². The zero-order valence-electron chi connectivity index (χ0n) is 28.8. The van der Waals surface area contributed by atoms with Crippen molar-refractivity contribution in [2.24, 2.45) is 0 Å². The number of benzene rings is 4. The van der Waals surface area contributed by atoms with Gasteiger partial charge in [0.25, 0.3) is 10.0 Å². The summed E-state index contributed by atoms with van der Waals surface area (Å²) in [4.78, 5) is 29.9. The Morgan fingerprint density at radius 2 is 1.44 bits per heavy atom. The Morgan fingerprint density at radius 1 is 0.820 bits per heavy atom. The third-order valence-corrected chi connectivity index (χ3v) is 9.66. The highest BCUT2D eigenvalue weighted by molar-refractivity contribution is 7.92. The van der Waals surface area contributed by atoms with Crippen LogP contribution in [0.1, 0.15) is 31.9 Å². The maximum atomic E-state index is 14.7. The summed E-state index contributed by atoms with van der Waals surface area (Å²) in [5.41, 5.74) is 0.623. The second-order valence-electron chi connectivity index (χ2n) is 12.4. The Morgan fingerprint density at radius 3 is 2.04 bits per heavy atom. The number of nitrogens with one attached hydrogen (secondary N) is 1. The predicted molar refractivity (Wildman–Crippen MR) is 191 cm³/mol. The van der Waals surface area contributed by atoms with Crippen LogP contribution in [-0.4, -0.2) is 64.6 Å². The van der Waals surface area contributed by atoms with E-state index in [4.69, 9.17) is 25.8 Å². The summed E-state index contributed by atoms with van der Waals surface area (Å²) >= 11 is 6.37. The number of nitrogens with zero attached hydrogens (tertiary/aromatic N) is 2. The first-order valence-electron chi connectivity index (χ1n) is 15.6. The Kier molecular flexibility index (Phi) is 12.4. The largest absolute Gasteiger partial charge is 0.495 e. The van der Waals surface area contributed by atoms with Gasteiger partial charge in [-0.25, -0.2) is 12.8 Å². The maximum absolute atomic E-state index is 14.7. The van der Waals surface area contributed by atoms with Gasteiger partial charge in [-0.2, -0.15) is 0 Å². The maximum Gasteiger partial charge on any atom is 0.265 e. The van der Waals surface area contributed by atoms with E-state index >= 15 is 0 Å². The number of amides is 2. The van der Waals surface area contributed by atoms with Crippen LogP contribution in [0.2, 0.25) is 5.02 Å². The molecule has 266 valence electrons. The van der Waals surface area contributed by atoms with E-state index in [1.165, 1.54) is 86.9 Å². The van der Waals surface area contributed by atoms with Gasteiger partial charge < -0.3 is 24.4 Å². The normalized spacial score (nSPS) is 12.1. The van der Waals surface area contributed by atoms with Crippen LogP contribution < -0.4 is 23.8 Å². The van der Waals surface area contributed by atoms with E-state index in [9.17, 15) is 22.4 Å². The van der Waals surface area contributed by atoms with Crippen LogP contribution in [0, 0.1) is 5.82 Å². The third kappa shape index (κ3) is 9.45. The summed E-state index contributed by atoms with van der Waals surface area (Å²) in [6, 6.07) is 22.0. The topological polar surface area (TPSA) is 114 Å². The van der Waals surface area contributed by atoms with Crippen molar-refractivity contribution in [3.8, 4) is 17.2 Å². The van der Waals surface area contributed by atoms with Crippen LogP contribution in [0.25, 0.3) is 0 Å². The van der Waals surface area contributed by atoms with Crippen LogP contribution in [0.3, 0.4) is 0 Å². The van der Waals surface area contributed by atoms with Crippen molar-refractivity contribution in [2.45, 2.75) is 50.2 Å². The van der Waals surface area contributed by atoms with Crippen LogP contribution in [-0.2, 0) is 32.6 Å². The Hall–Kier alpha value is -4.81. The molecule has 4 aromatic carbocycles. The van der Waals surface area contributed by atoms with Gasteiger partial charge in [-0.15, -0.1) is 0 Å². The van der Waals surface area contributed by atoms with Gasteiger partial charge in [-0.05, 0) is 74.4 Å². The summed E-state index contributed by atoms with van der Waals surface area (Å²) in [5.74, 6) is -1.07. The van der Waals surface area contributed by atoms with E-state index in [0.29, 0.717) is 11.3 Å². The number of hydrogen-bond acceptors (Lipinski definition) is 7. The lowest BCUT2D eigenvalue weighted by Crippen LogP contribution is -2.56. The molecule has 1 N–H and O–H groups in total. The molecule has 10 nitrogen and oxygen atoms in total. The van der Waals surface area contributed by atoms with Crippen molar-refractivity contribution in [3.63, 3.8) is 0 Å². The molecule has 2 amide bonds. The van der Waals surface area contributed by atoms with Crippen molar-refractivity contribution in [3.05, 3.63) is 113 Å². The molecule has 4 aromatic rings. The van der Waals surface area contributed by atoms with E-state index < -0.39 is 45.8 Å². The summed E-state index contributed by atoms with van der Waals surface area (Å²) < 4.78 is 60.1. The summed E-state index contributed by atoms with van der Waals surface area (Å²) in [5, 5.41) is 3.16. The highest BCUT2D eigenvalue weighted by atomic mass is 35.5. The molecule has 0 bridgehead atoms. The molecule has 0 saturated heterocycles. The number of halogens is 2. The number of anilines is 1. The number of methoxy groups -OCH3 is 3. The van der Waals surface area contributed by atoms with Gasteiger partial charge in [0.05, 0.1) is 31.9 Å². The van der Waals surface area contributed by atoms with Gasteiger partial charge in [0.2, 0.25) is 11.8 Å². The molecular formula is C37H41ClFN3O7S. The minimum absolute atomic E-state index is 0.0105. The highest BCUT2D eigenvalue weighted by Gasteiger charge is 2.37. The highest BCUT2D eigenvalue weighted by Crippen LogP contribution is 2.37. The lowest BCUT2D eigenvalue weighted by molar-refractivity contribution is -0.140. The van der Waals surface area contributed by atoms with E-state index in [1.807, 2.05) is 51.1 Å². The number of sulfonamides is 1. The van der Waals surface area contributed by atoms with Gasteiger partial charge in [0.1, 0.15) is 24.2 Å². The lowest BCUT2D eigenvalue weighted by Gasteiger charge is -2.35. The molecule has 0 spiro atoms. The first-order chi connectivity index (χ1) is 23.7. The molecule has 0 unspecified atom stereocenters. The van der Waals surface area contributed by atoms with Crippen LogP contribution in [0.5, 0.6) is 17.2 Å². The lowest BCUT2D eigenvalue weighted by atomic mass is 10.0. The van der Waals surface area contributed by atoms with Crippen molar-refractivity contribution in [1.29, 1.82) is 0 Å². The quantitative estimate of drug-likeness (QED) is 0.163. The van der Waals surface area contributed by atoms with Gasteiger partial charge in [-0.1, -0.05) is 54.1 Å². The van der Waals surface area contributed by atoms with Gasteiger partial charge in [-0.3, -0.25) is 13.9 Å². The fourth-order valence-corrected chi connectivity index (χ4v) is 6.87. The zero-order chi connectivity index (χ0) is 36.6. The van der Waals surface area contributed by atoms with Crippen LogP contribution >= 0.6 is 11.6 Å². The fraction of sp³-hybridized carbons (Fsp3) is 0.297. The number of rotatable bonds is 14. The molecule has 0 radical (unpaired) electrons. The van der Waals surface area contributed by atoms with Gasteiger partial charge >= 0.3 is 0 Å². The molecular weight excluding hydrogens is 685 g/mol. The number of hydrogen-bond donors (Lipinski definition) is 1.